The van der Waals surface area contributed by atoms with Gasteiger partial charge in [0.05, 0.1) is 11.2 Å². The summed E-state index contributed by atoms with van der Waals surface area (Å²) < 4.78 is 3.40. The molecule has 6 heteroatoms. The van der Waals surface area contributed by atoms with E-state index in [1.165, 1.54) is 0 Å². The number of hydrogen-bond donors (Lipinski definition) is 1. The molecule has 0 saturated heterocycles. The number of halogens is 1. The Morgan fingerprint density at radius 3 is 2.74 bits per heavy atom. The molecule has 0 aliphatic heterocycles. The van der Waals surface area contributed by atoms with Crippen LogP contribution >= 0.6 is 28.1 Å². The summed E-state index contributed by atoms with van der Waals surface area (Å²) >= 11 is 8.89. The number of rotatable bonds is 2. The molecule has 0 radical (unpaired) electrons. The van der Waals surface area contributed by atoms with Gasteiger partial charge in [0.15, 0.2) is 10.6 Å². The van der Waals surface area contributed by atoms with E-state index in [1.807, 2.05) is 65.2 Å². The molecule has 0 spiro atoms. The number of para-hydroxylation sites is 1. The zero-order valence-corrected chi connectivity index (χ0v) is 14.3. The van der Waals surface area contributed by atoms with Gasteiger partial charge in [0.2, 0.25) is 0 Å². The minimum absolute atomic E-state index is 0.535. The minimum atomic E-state index is 0.535. The van der Waals surface area contributed by atoms with Crippen LogP contribution in [0.4, 0.5) is 0 Å². The van der Waals surface area contributed by atoms with Crippen LogP contribution in [0, 0.1) is 4.77 Å². The van der Waals surface area contributed by atoms with Crippen molar-refractivity contribution in [3.05, 3.63) is 69.9 Å². The third kappa shape index (κ3) is 2.60. The first-order valence-corrected chi connectivity index (χ1v) is 8.22. The first-order chi connectivity index (χ1) is 11.2. The monoisotopic (exact) mass is 382 g/mol. The smallest absolute Gasteiger partial charge is 0.200 e. The fourth-order valence-corrected chi connectivity index (χ4v) is 3.14. The van der Waals surface area contributed by atoms with Crippen molar-refractivity contribution in [2.45, 2.75) is 0 Å². The van der Waals surface area contributed by atoms with Crippen molar-refractivity contribution in [1.82, 2.24) is 19.7 Å². The van der Waals surface area contributed by atoms with Crippen LogP contribution in [0.2, 0.25) is 0 Å². The second kappa shape index (κ2) is 5.72. The first kappa shape index (κ1) is 14.3. The molecular formula is C17H11BrN4S. The van der Waals surface area contributed by atoms with E-state index in [1.54, 1.807) is 0 Å². The molecule has 2 aromatic carbocycles. The van der Waals surface area contributed by atoms with Crippen molar-refractivity contribution in [3.8, 4) is 17.2 Å². The van der Waals surface area contributed by atoms with Crippen LogP contribution < -0.4 is 0 Å². The average molecular weight is 383 g/mol. The van der Waals surface area contributed by atoms with Crippen molar-refractivity contribution in [2.75, 3.05) is 0 Å². The topological polar surface area (TPSA) is 46.5 Å². The van der Waals surface area contributed by atoms with E-state index < -0.39 is 0 Å². The molecule has 0 aliphatic carbocycles. The van der Waals surface area contributed by atoms with Crippen LogP contribution in [0.3, 0.4) is 0 Å². The number of H-pyrrole nitrogens is 1. The van der Waals surface area contributed by atoms with E-state index >= 15 is 0 Å². The number of aromatic nitrogens is 4. The fraction of sp³-hybridized carbons (Fsp3) is 0. The minimum Gasteiger partial charge on any atom is -0.267 e. The number of nitrogens with zero attached hydrogens (tertiary/aromatic N) is 3. The van der Waals surface area contributed by atoms with Crippen LogP contribution in [0.1, 0.15) is 0 Å². The van der Waals surface area contributed by atoms with Gasteiger partial charge in [0.25, 0.3) is 0 Å². The average Bonchev–Trinajstić information content (AvgIpc) is 2.96. The van der Waals surface area contributed by atoms with Crippen LogP contribution in [-0.2, 0) is 0 Å². The maximum absolute atomic E-state index is 5.40. The standard InChI is InChI=1S/C17H11BrN4S/c18-12-5-3-6-13(10-12)22-16(20-21-17(22)23)15-9-8-11-4-1-2-7-14(11)19-15/h1-10H,(H,21,23). The van der Waals surface area contributed by atoms with Crippen molar-refractivity contribution >= 4 is 39.1 Å². The number of pyridine rings is 1. The Hall–Kier alpha value is -2.31. The van der Waals surface area contributed by atoms with Crippen LogP contribution in [0.15, 0.2) is 65.1 Å². The molecule has 0 fully saturated rings. The largest absolute Gasteiger partial charge is 0.267 e. The van der Waals surface area contributed by atoms with Gasteiger partial charge in [-0.15, -0.1) is 0 Å². The van der Waals surface area contributed by atoms with Gasteiger partial charge in [-0.05, 0) is 42.5 Å². The van der Waals surface area contributed by atoms with Gasteiger partial charge in [0, 0.05) is 9.86 Å². The summed E-state index contributed by atoms with van der Waals surface area (Å²) in [5, 5.41) is 8.33. The summed E-state index contributed by atoms with van der Waals surface area (Å²) in [7, 11) is 0. The summed E-state index contributed by atoms with van der Waals surface area (Å²) in [6.45, 7) is 0. The van der Waals surface area contributed by atoms with Crippen LogP contribution in [-0.4, -0.2) is 19.7 Å². The molecule has 2 aromatic heterocycles. The van der Waals surface area contributed by atoms with E-state index in [9.17, 15) is 0 Å². The molecule has 0 atom stereocenters. The summed E-state index contributed by atoms with van der Waals surface area (Å²) in [5.41, 5.74) is 2.64. The molecule has 4 aromatic rings. The maximum atomic E-state index is 5.40. The maximum Gasteiger partial charge on any atom is 0.200 e. The lowest BCUT2D eigenvalue weighted by molar-refractivity contribution is 1.03. The van der Waals surface area contributed by atoms with Crippen LogP contribution in [0.25, 0.3) is 28.1 Å². The third-order valence-electron chi connectivity index (χ3n) is 3.57. The van der Waals surface area contributed by atoms with Crippen LogP contribution in [0.5, 0.6) is 0 Å². The van der Waals surface area contributed by atoms with Crippen molar-refractivity contribution in [3.63, 3.8) is 0 Å². The van der Waals surface area contributed by atoms with E-state index in [0.717, 1.165) is 26.8 Å². The summed E-state index contributed by atoms with van der Waals surface area (Å²) in [5.74, 6) is 0.693. The van der Waals surface area contributed by atoms with Crippen molar-refractivity contribution < 1.29 is 0 Å². The molecule has 112 valence electrons. The zero-order chi connectivity index (χ0) is 15.8. The molecule has 4 nitrogen and oxygen atoms in total. The SMILES string of the molecule is S=c1[nH]nc(-c2ccc3ccccc3n2)n1-c1cccc(Br)c1. The fourth-order valence-electron chi connectivity index (χ4n) is 2.51. The lowest BCUT2D eigenvalue weighted by atomic mass is 10.2. The highest BCUT2D eigenvalue weighted by atomic mass is 79.9. The van der Waals surface area contributed by atoms with Gasteiger partial charge in [-0.3, -0.25) is 9.67 Å². The number of hydrogen-bond acceptors (Lipinski definition) is 3. The molecule has 0 bridgehead atoms. The van der Waals surface area contributed by atoms with Gasteiger partial charge in [-0.25, -0.2) is 4.98 Å². The molecular weight excluding hydrogens is 372 g/mol. The Morgan fingerprint density at radius 1 is 1.00 bits per heavy atom. The lowest BCUT2D eigenvalue weighted by Gasteiger charge is -2.07. The number of fused-ring (bicyclic) bond motifs is 1. The highest BCUT2D eigenvalue weighted by Gasteiger charge is 2.12. The predicted octanol–water partition coefficient (Wildman–Crippen LogP) is 4.91. The van der Waals surface area contributed by atoms with Crippen molar-refractivity contribution in [1.29, 1.82) is 0 Å². The molecule has 0 amide bonds. The van der Waals surface area contributed by atoms with Gasteiger partial charge in [0.1, 0.15) is 5.69 Å². The Bertz CT molecular complexity index is 1070. The normalized spacial score (nSPS) is 11.0. The molecule has 4 rings (SSSR count). The summed E-state index contributed by atoms with van der Waals surface area (Å²) in [6, 6.07) is 19.9. The summed E-state index contributed by atoms with van der Waals surface area (Å²) in [4.78, 5) is 4.71. The van der Waals surface area contributed by atoms with E-state index in [0.29, 0.717) is 10.6 Å². The molecule has 2 heterocycles. The quantitative estimate of drug-likeness (QED) is 0.501. The van der Waals surface area contributed by atoms with Gasteiger partial charge >= 0.3 is 0 Å². The molecule has 0 saturated carbocycles. The highest BCUT2D eigenvalue weighted by molar-refractivity contribution is 9.10. The van der Waals surface area contributed by atoms with Gasteiger partial charge in [-0.1, -0.05) is 46.3 Å². The van der Waals surface area contributed by atoms with Gasteiger partial charge in [-0.2, -0.15) is 5.10 Å². The molecule has 23 heavy (non-hydrogen) atoms. The Kier molecular flexibility index (Phi) is 3.55. The van der Waals surface area contributed by atoms with E-state index in [4.69, 9.17) is 17.2 Å². The molecule has 1 N–H and O–H groups in total. The summed E-state index contributed by atoms with van der Waals surface area (Å²) in [6.07, 6.45) is 0. The molecule has 0 aliphatic rings. The third-order valence-corrected chi connectivity index (χ3v) is 4.33. The Balaban J connectivity index is 1.94. The molecule has 0 unspecified atom stereocenters. The highest BCUT2D eigenvalue weighted by Crippen LogP contribution is 2.24. The predicted molar refractivity (Wildman–Crippen MR) is 97.2 cm³/mol. The Labute approximate surface area is 146 Å². The zero-order valence-electron chi connectivity index (χ0n) is 11.9. The second-order valence-corrected chi connectivity index (χ2v) is 6.36. The number of benzene rings is 2. The lowest BCUT2D eigenvalue weighted by Crippen LogP contribution is -1.99. The Morgan fingerprint density at radius 2 is 1.87 bits per heavy atom. The van der Waals surface area contributed by atoms with Crippen molar-refractivity contribution in [2.24, 2.45) is 0 Å². The second-order valence-electron chi connectivity index (χ2n) is 5.06. The first-order valence-electron chi connectivity index (χ1n) is 7.02. The number of nitrogens with one attached hydrogen (secondary N) is 1. The van der Waals surface area contributed by atoms with E-state index in [2.05, 4.69) is 26.1 Å². The number of aromatic amines is 1. The van der Waals surface area contributed by atoms with E-state index in [-0.39, 0.29) is 0 Å². The van der Waals surface area contributed by atoms with Gasteiger partial charge < -0.3 is 0 Å².